The fourth-order valence-corrected chi connectivity index (χ4v) is 2.76. The van der Waals surface area contributed by atoms with Gasteiger partial charge < -0.3 is 34.3 Å². The van der Waals surface area contributed by atoms with Gasteiger partial charge in [-0.2, -0.15) is 0 Å². The molecule has 0 amide bonds. The fraction of sp³-hybridized carbons (Fsp3) is 0.909. The maximum atomic E-state index is 11.0. The lowest BCUT2D eigenvalue weighted by Gasteiger charge is -2.39. The van der Waals surface area contributed by atoms with Gasteiger partial charge >= 0.3 is 5.97 Å². The lowest BCUT2D eigenvalue weighted by molar-refractivity contribution is -0.309. The van der Waals surface area contributed by atoms with Gasteiger partial charge in [-0.15, -0.1) is 0 Å². The third-order valence-electron chi connectivity index (χ3n) is 3.56. The molecule has 0 aromatic carbocycles. The standard InChI is InChI=1S/C11H16O8/c1-10(2)17-7-6-5(16-8(7)19-10)4(12)3-11(15,18-6)9(13)14/h4-8,12,15H,3H2,1-2H3,(H,13,14)/t4-,5+,6-,7+,8+,11?/m0/s1. The zero-order valence-corrected chi connectivity index (χ0v) is 10.5. The van der Waals surface area contributed by atoms with Crippen molar-refractivity contribution in [2.45, 2.75) is 62.5 Å². The monoisotopic (exact) mass is 276 g/mol. The van der Waals surface area contributed by atoms with Crippen LogP contribution in [0, 0.1) is 0 Å². The van der Waals surface area contributed by atoms with Crippen LogP contribution in [-0.2, 0) is 23.7 Å². The van der Waals surface area contributed by atoms with Gasteiger partial charge in [0.05, 0.1) is 6.10 Å². The van der Waals surface area contributed by atoms with E-state index in [9.17, 15) is 15.0 Å². The first-order valence-corrected chi connectivity index (χ1v) is 6.05. The molecule has 3 aliphatic rings. The minimum Gasteiger partial charge on any atom is -0.477 e. The molecule has 8 heteroatoms. The lowest BCUT2D eigenvalue weighted by Crippen LogP contribution is -2.59. The molecule has 0 aromatic heterocycles. The Balaban J connectivity index is 1.85. The summed E-state index contributed by atoms with van der Waals surface area (Å²) in [4.78, 5) is 11.0. The van der Waals surface area contributed by atoms with Crippen molar-refractivity contribution < 1.29 is 39.1 Å². The Hall–Kier alpha value is -0.770. The van der Waals surface area contributed by atoms with Crippen molar-refractivity contribution >= 4 is 5.97 Å². The molecule has 19 heavy (non-hydrogen) atoms. The Morgan fingerprint density at radius 1 is 1.16 bits per heavy atom. The summed E-state index contributed by atoms with van der Waals surface area (Å²) in [5, 5.41) is 28.8. The minimum absolute atomic E-state index is 0.466. The molecule has 0 aliphatic carbocycles. The second-order valence-electron chi connectivity index (χ2n) is 5.51. The molecule has 0 bridgehead atoms. The van der Waals surface area contributed by atoms with Crippen LogP contribution in [0.1, 0.15) is 20.3 Å². The number of carboxylic acids is 1. The van der Waals surface area contributed by atoms with Crippen molar-refractivity contribution in [2.24, 2.45) is 0 Å². The molecule has 0 saturated carbocycles. The quantitative estimate of drug-likeness (QED) is 0.546. The van der Waals surface area contributed by atoms with Crippen molar-refractivity contribution in [3.63, 3.8) is 0 Å². The maximum Gasteiger partial charge on any atom is 0.364 e. The summed E-state index contributed by atoms with van der Waals surface area (Å²) in [5.74, 6) is -4.87. The molecule has 3 heterocycles. The number of hydrogen-bond acceptors (Lipinski definition) is 7. The SMILES string of the molecule is CC1(C)O[C@H]2O[C@H]3[C@H](OC(O)(C(=O)O)C[C@@H]3O)[C@H]2O1. The van der Waals surface area contributed by atoms with Crippen LogP contribution in [0.2, 0.25) is 0 Å². The molecule has 3 rings (SSSR count). The number of carboxylic acid groups (broad SMARTS) is 1. The predicted molar refractivity (Wildman–Crippen MR) is 56.8 cm³/mol. The Kier molecular flexibility index (Phi) is 2.70. The summed E-state index contributed by atoms with van der Waals surface area (Å²) in [5.41, 5.74) is 0. The van der Waals surface area contributed by atoms with Crippen molar-refractivity contribution in [3.05, 3.63) is 0 Å². The van der Waals surface area contributed by atoms with Gasteiger partial charge in [0.15, 0.2) is 12.1 Å². The van der Waals surface area contributed by atoms with Gasteiger partial charge in [-0.3, -0.25) is 0 Å². The molecule has 3 aliphatic heterocycles. The van der Waals surface area contributed by atoms with E-state index in [0.717, 1.165) is 0 Å². The Labute approximate surface area is 108 Å². The normalized spacial score (nSPS) is 51.7. The number of hydrogen-bond donors (Lipinski definition) is 3. The Bertz CT molecular complexity index is 409. The van der Waals surface area contributed by atoms with Crippen LogP contribution in [0.5, 0.6) is 0 Å². The van der Waals surface area contributed by atoms with Gasteiger partial charge in [-0.25, -0.2) is 4.79 Å². The highest BCUT2D eigenvalue weighted by atomic mass is 16.8. The third kappa shape index (κ3) is 1.95. The highest BCUT2D eigenvalue weighted by Crippen LogP contribution is 2.44. The Morgan fingerprint density at radius 3 is 2.47 bits per heavy atom. The average Bonchev–Trinajstić information content (AvgIpc) is 2.72. The van der Waals surface area contributed by atoms with Crippen LogP contribution >= 0.6 is 0 Å². The number of carbonyl (C=O) groups is 1. The predicted octanol–water partition coefficient (Wildman–Crippen LogP) is -1.21. The summed E-state index contributed by atoms with van der Waals surface area (Å²) in [6.45, 7) is 3.37. The molecule has 0 aromatic rings. The van der Waals surface area contributed by atoms with E-state index in [2.05, 4.69) is 0 Å². The van der Waals surface area contributed by atoms with E-state index in [1.54, 1.807) is 13.8 Å². The fourth-order valence-electron chi connectivity index (χ4n) is 2.76. The van der Waals surface area contributed by atoms with E-state index in [0.29, 0.717) is 0 Å². The number of aliphatic hydroxyl groups excluding tert-OH is 1. The molecular formula is C11H16O8. The molecule has 3 saturated heterocycles. The number of fused-ring (bicyclic) bond motifs is 3. The van der Waals surface area contributed by atoms with Gasteiger partial charge in [0.1, 0.15) is 18.3 Å². The molecule has 108 valence electrons. The first kappa shape index (κ1) is 13.2. The van der Waals surface area contributed by atoms with Crippen LogP contribution < -0.4 is 0 Å². The van der Waals surface area contributed by atoms with Gasteiger partial charge in [0.2, 0.25) is 0 Å². The van der Waals surface area contributed by atoms with Crippen molar-refractivity contribution in [3.8, 4) is 0 Å². The van der Waals surface area contributed by atoms with Crippen LogP contribution in [0.4, 0.5) is 0 Å². The van der Waals surface area contributed by atoms with E-state index in [4.69, 9.17) is 24.1 Å². The summed E-state index contributed by atoms with van der Waals surface area (Å²) < 4.78 is 21.7. The van der Waals surface area contributed by atoms with Crippen LogP contribution in [0.15, 0.2) is 0 Å². The molecule has 1 unspecified atom stereocenters. The topological polar surface area (TPSA) is 115 Å². The smallest absolute Gasteiger partial charge is 0.364 e. The lowest BCUT2D eigenvalue weighted by atomic mass is 9.94. The number of aliphatic hydroxyl groups is 2. The first-order valence-electron chi connectivity index (χ1n) is 6.05. The van der Waals surface area contributed by atoms with Gasteiger partial charge in [0, 0.05) is 6.42 Å². The zero-order valence-electron chi connectivity index (χ0n) is 10.5. The molecule has 8 nitrogen and oxygen atoms in total. The van der Waals surface area contributed by atoms with Gasteiger partial charge in [-0.1, -0.05) is 0 Å². The third-order valence-corrected chi connectivity index (χ3v) is 3.56. The molecule has 3 fully saturated rings. The van der Waals surface area contributed by atoms with E-state index in [1.165, 1.54) is 0 Å². The second-order valence-corrected chi connectivity index (χ2v) is 5.51. The largest absolute Gasteiger partial charge is 0.477 e. The second kappa shape index (κ2) is 3.87. The zero-order chi connectivity index (χ0) is 14.0. The highest BCUT2D eigenvalue weighted by Gasteiger charge is 2.63. The van der Waals surface area contributed by atoms with E-state index in [-0.39, 0.29) is 0 Å². The number of aliphatic carboxylic acids is 1. The summed E-state index contributed by atoms with van der Waals surface area (Å²) in [6.07, 6.45) is -4.72. The van der Waals surface area contributed by atoms with Crippen molar-refractivity contribution in [1.29, 1.82) is 0 Å². The molecule has 0 spiro atoms. The van der Waals surface area contributed by atoms with Crippen LogP contribution in [0.3, 0.4) is 0 Å². The Morgan fingerprint density at radius 2 is 1.84 bits per heavy atom. The number of rotatable bonds is 1. The average molecular weight is 276 g/mol. The van der Waals surface area contributed by atoms with Crippen LogP contribution in [-0.4, -0.2) is 63.6 Å². The van der Waals surface area contributed by atoms with E-state index < -0.39 is 54.7 Å². The first-order chi connectivity index (χ1) is 8.72. The summed E-state index contributed by atoms with van der Waals surface area (Å²) in [6, 6.07) is 0. The molecule has 6 atom stereocenters. The van der Waals surface area contributed by atoms with Crippen LogP contribution in [0.25, 0.3) is 0 Å². The van der Waals surface area contributed by atoms with Gasteiger partial charge in [-0.05, 0) is 13.8 Å². The van der Waals surface area contributed by atoms with Crippen molar-refractivity contribution in [1.82, 2.24) is 0 Å². The van der Waals surface area contributed by atoms with Crippen molar-refractivity contribution in [2.75, 3.05) is 0 Å². The molecule has 3 N–H and O–H groups in total. The van der Waals surface area contributed by atoms with E-state index >= 15 is 0 Å². The molecule has 0 radical (unpaired) electrons. The summed E-state index contributed by atoms with van der Waals surface area (Å²) >= 11 is 0. The number of ether oxygens (including phenoxy) is 4. The maximum absolute atomic E-state index is 11.0. The minimum atomic E-state index is -2.44. The van der Waals surface area contributed by atoms with E-state index in [1.807, 2.05) is 0 Å². The summed E-state index contributed by atoms with van der Waals surface area (Å²) in [7, 11) is 0. The molecular weight excluding hydrogens is 260 g/mol. The highest BCUT2D eigenvalue weighted by molar-refractivity contribution is 5.75. The van der Waals surface area contributed by atoms with Gasteiger partial charge in [0.25, 0.3) is 5.79 Å².